The van der Waals surface area contributed by atoms with Crippen LogP contribution in [0.25, 0.3) is 0 Å². The molecule has 5 heteroatoms. The lowest BCUT2D eigenvalue weighted by atomic mass is 10.2. The van der Waals surface area contributed by atoms with Crippen LogP contribution in [0.15, 0.2) is 41.8 Å². The van der Waals surface area contributed by atoms with Crippen LogP contribution in [-0.4, -0.2) is 13.1 Å². The summed E-state index contributed by atoms with van der Waals surface area (Å²) in [5, 5.41) is 5.72. The van der Waals surface area contributed by atoms with Gasteiger partial charge in [-0.1, -0.05) is 17.7 Å². The number of halogens is 1. The normalized spacial score (nSPS) is 11.9. The lowest BCUT2D eigenvalue weighted by molar-refractivity contribution is -0.141. The van der Waals surface area contributed by atoms with Crippen molar-refractivity contribution < 1.29 is 9.53 Å². The van der Waals surface area contributed by atoms with Gasteiger partial charge in [0.2, 0.25) is 0 Å². The van der Waals surface area contributed by atoms with Gasteiger partial charge in [0.05, 0.1) is 7.11 Å². The van der Waals surface area contributed by atoms with Crippen LogP contribution < -0.4 is 5.32 Å². The van der Waals surface area contributed by atoms with E-state index < -0.39 is 6.04 Å². The van der Waals surface area contributed by atoms with Crippen molar-refractivity contribution in [2.24, 2.45) is 0 Å². The summed E-state index contributed by atoms with van der Waals surface area (Å²) in [6, 6.07) is 10.5. The van der Waals surface area contributed by atoms with Gasteiger partial charge in [-0.15, -0.1) is 11.3 Å². The number of benzene rings is 1. The van der Waals surface area contributed by atoms with Crippen LogP contribution >= 0.6 is 22.9 Å². The number of thiophene rings is 1. The van der Waals surface area contributed by atoms with E-state index in [4.69, 9.17) is 16.3 Å². The number of ether oxygens (including phenoxy) is 1. The zero-order valence-electron chi connectivity index (χ0n) is 9.72. The zero-order valence-corrected chi connectivity index (χ0v) is 11.3. The highest BCUT2D eigenvalue weighted by atomic mass is 35.5. The molecule has 18 heavy (non-hydrogen) atoms. The van der Waals surface area contributed by atoms with Gasteiger partial charge in [-0.05, 0) is 35.7 Å². The van der Waals surface area contributed by atoms with Crippen molar-refractivity contribution >= 4 is 34.6 Å². The van der Waals surface area contributed by atoms with E-state index in [0.29, 0.717) is 5.02 Å². The fourth-order valence-corrected chi connectivity index (χ4v) is 2.42. The van der Waals surface area contributed by atoms with Gasteiger partial charge in [-0.25, -0.2) is 4.79 Å². The minimum Gasteiger partial charge on any atom is -0.467 e. The van der Waals surface area contributed by atoms with Crippen LogP contribution in [0.1, 0.15) is 10.9 Å². The van der Waals surface area contributed by atoms with Crippen LogP contribution in [0.2, 0.25) is 5.02 Å². The van der Waals surface area contributed by atoms with Crippen molar-refractivity contribution in [3.8, 4) is 0 Å². The molecule has 2 rings (SSSR count). The van der Waals surface area contributed by atoms with Crippen molar-refractivity contribution in [2.75, 3.05) is 12.4 Å². The van der Waals surface area contributed by atoms with Crippen LogP contribution in [0.4, 0.5) is 5.69 Å². The summed E-state index contributed by atoms with van der Waals surface area (Å²) < 4.78 is 4.81. The average Bonchev–Trinajstić information content (AvgIpc) is 2.91. The molecule has 1 aromatic heterocycles. The van der Waals surface area contributed by atoms with Gasteiger partial charge in [0, 0.05) is 15.6 Å². The Bertz CT molecular complexity index is 510. The molecule has 0 aliphatic carbocycles. The van der Waals surface area contributed by atoms with Crippen molar-refractivity contribution in [1.82, 2.24) is 0 Å². The maximum absolute atomic E-state index is 11.8. The van der Waals surface area contributed by atoms with Crippen LogP contribution in [0.3, 0.4) is 0 Å². The standard InChI is InChI=1S/C13H12ClNO2S/c1-17-13(16)12(11-3-2-8-18-11)15-10-6-4-9(14)5-7-10/h2-8,12,15H,1H3. The molecule has 1 N–H and O–H groups in total. The van der Waals surface area contributed by atoms with Crippen LogP contribution in [0, 0.1) is 0 Å². The number of hydrogen-bond acceptors (Lipinski definition) is 4. The number of hydrogen-bond donors (Lipinski definition) is 1. The first-order chi connectivity index (χ1) is 8.70. The number of carbonyl (C=O) groups excluding carboxylic acids is 1. The van der Waals surface area contributed by atoms with E-state index in [-0.39, 0.29) is 5.97 Å². The summed E-state index contributed by atoms with van der Waals surface area (Å²) in [6.45, 7) is 0. The van der Waals surface area contributed by atoms with E-state index in [1.807, 2.05) is 29.6 Å². The Morgan fingerprint density at radius 3 is 2.61 bits per heavy atom. The molecule has 0 spiro atoms. The Kier molecular flexibility index (Phi) is 4.23. The molecule has 0 bridgehead atoms. The number of esters is 1. The number of nitrogens with one attached hydrogen (secondary N) is 1. The van der Waals surface area contributed by atoms with E-state index in [1.165, 1.54) is 18.4 Å². The summed E-state index contributed by atoms with van der Waals surface area (Å²) in [6.07, 6.45) is 0. The van der Waals surface area contributed by atoms with Gasteiger partial charge in [-0.2, -0.15) is 0 Å². The molecular weight excluding hydrogens is 270 g/mol. The summed E-state index contributed by atoms with van der Waals surface area (Å²) in [5.41, 5.74) is 0.822. The Balaban J connectivity index is 2.20. The molecule has 0 saturated carbocycles. The third-order valence-corrected chi connectivity index (χ3v) is 3.61. The minimum absolute atomic E-state index is 0.313. The molecule has 0 amide bonds. The van der Waals surface area contributed by atoms with Gasteiger partial charge >= 0.3 is 5.97 Å². The maximum Gasteiger partial charge on any atom is 0.333 e. The Morgan fingerprint density at radius 2 is 2.06 bits per heavy atom. The lowest BCUT2D eigenvalue weighted by Gasteiger charge is -2.16. The maximum atomic E-state index is 11.8. The van der Waals surface area contributed by atoms with Gasteiger partial charge < -0.3 is 10.1 Å². The topological polar surface area (TPSA) is 38.3 Å². The Labute approximate surface area is 114 Å². The molecule has 2 aromatic rings. The van der Waals surface area contributed by atoms with Gasteiger partial charge in [0.25, 0.3) is 0 Å². The largest absolute Gasteiger partial charge is 0.467 e. The average molecular weight is 282 g/mol. The van der Waals surface area contributed by atoms with E-state index in [9.17, 15) is 4.79 Å². The molecule has 0 aliphatic heterocycles. The highest BCUT2D eigenvalue weighted by Crippen LogP contribution is 2.25. The van der Waals surface area contributed by atoms with Crippen LogP contribution in [-0.2, 0) is 9.53 Å². The second kappa shape index (κ2) is 5.89. The molecule has 1 aromatic carbocycles. The first kappa shape index (κ1) is 12.9. The fourth-order valence-electron chi connectivity index (χ4n) is 1.53. The second-order valence-electron chi connectivity index (χ2n) is 3.62. The molecule has 1 atom stereocenters. The van der Waals surface area contributed by atoms with Crippen molar-refractivity contribution in [3.63, 3.8) is 0 Å². The van der Waals surface area contributed by atoms with Crippen molar-refractivity contribution in [3.05, 3.63) is 51.7 Å². The van der Waals surface area contributed by atoms with E-state index in [1.54, 1.807) is 12.1 Å². The molecule has 3 nitrogen and oxygen atoms in total. The van der Waals surface area contributed by atoms with Crippen molar-refractivity contribution in [1.29, 1.82) is 0 Å². The van der Waals surface area contributed by atoms with Gasteiger partial charge in [-0.3, -0.25) is 0 Å². The predicted molar refractivity (Wildman–Crippen MR) is 74.2 cm³/mol. The quantitative estimate of drug-likeness (QED) is 0.868. The van der Waals surface area contributed by atoms with E-state index in [0.717, 1.165) is 10.6 Å². The summed E-state index contributed by atoms with van der Waals surface area (Å²) >= 11 is 7.33. The Morgan fingerprint density at radius 1 is 1.33 bits per heavy atom. The van der Waals surface area contributed by atoms with E-state index >= 15 is 0 Å². The predicted octanol–water partition coefficient (Wildman–Crippen LogP) is 3.73. The Hall–Kier alpha value is -1.52. The molecule has 94 valence electrons. The number of methoxy groups -OCH3 is 1. The molecular formula is C13H12ClNO2S. The highest BCUT2D eigenvalue weighted by molar-refractivity contribution is 7.10. The summed E-state index contributed by atoms with van der Waals surface area (Å²) in [7, 11) is 1.38. The molecule has 0 radical (unpaired) electrons. The zero-order chi connectivity index (χ0) is 13.0. The van der Waals surface area contributed by atoms with Gasteiger partial charge in [0.1, 0.15) is 0 Å². The monoisotopic (exact) mass is 281 g/mol. The third-order valence-electron chi connectivity index (χ3n) is 2.42. The molecule has 0 fully saturated rings. The van der Waals surface area contributed by atoms with Crippen molar-refractivity contribution in [2.45, 2.75) is 6.04 Å². The number of anilines is 1. The molecule has 0 saturated heterocycles. The summed E-state index contributed by atoms with van der Waals surface area (Å²) in [4.78, 5) is 12.7. The number of carbonyl (C=O) groups is 1. The molecule has 1 heterocycles. The van der Waals surface area contributed by atoms with E-state index in [2.05, 4.69) is 5.32 Å². The summed E-state index contributed by atoms with van der Waals surface area (Å²) in [5.74, 6) is -0.313. The molecule has 1 unspecified atom stereocenters. The smallest absolute Gasteiger partial charge is 0.333 e. The third kappa shape index (κ3) is 3.03. The fraction of sp³-hybridized carbons (Fsp3) is 0.154. The van der Waals surface area contributed by atoms with Gasteiger partial charge in [0.15, 0.2) is 6.04 Å². The number of rotatable bonds is 4. The first-order valence-corrected chi connectivity index (χ1v) is 6.60. The SMILES string of the molecule is COC(=O)C(Nc1ccc(Cl)cc1)c1cccs1. The molecule has 0 aliphatic rings. The lowest BCUT2D eigenvalue weighted by Crippen LogP contribution is -2.21. The van der Waals surface area contributed by atoms with Crippen LogP contribution in [0.5, 0.6) is 0 Å². The first-order valence-electron chi connectivity index (χ1n) is 5.34. The highest BCUT2D eigenvalue weighted by Gasteiger charge is 2.22. The second-order valence-corrected chi connectivity index (χ2v) is 5.04. The minimum atomic E-state index is -0.490.